The third-order valence-electron chi connectivity index (χ3n) is 5.84. The number of carbonyl (C=O) groups is 4. The molecule has 246 valence electrons. The van der Waals surface area contributed by atoms with Gasteiger partial charge < -0.3 is 24.7 Å². The predicted octanol–water partition coefficient (Wildman–Crippen LogP) is 5.51. The summed E-state index contributed by atoms with van der Waals surface area (Å²) in [6.45, 7) is 0.0637. The number of ketones is 1. The second-order valence-corrected chi connectivity index (χ2v) is 9.46. The van der Waals surface area contributed by atoms with Crippen LogP contribution in [-0.2, 0) is 33.9 Å². The number of aliphatic imine (C=N–C) groups is 1. The van der Waals surface area contributed by atoms with Gasteiger partial charge >= 0.3 is 24.3 Å². The van der Waals surface area contributed by atoms with Crippen LogP contribution in [0.1, 0.15) is 27.2 Å². The Morgan fingerprint density at radius 2 is 1.26 bits per heavy atom. The van der Waals surface area contributed by atoms with Crippen molar-refractivity contribution in [1.29, 1.82) is 0 Å². The van der Waals surface area contributed by atoms with Gasteiger partial charge in [-0.05, 0) is 47.4 Å². The van der Waals surface area contributed by atoms with Crippen molar-refractivity contribution >= 4 is 35.6 Å². The number of alkyl halides is 3. The van der Waals surface area contributed by atoms with Gasteiger partial charge in [0.2, 0.25) is 11.7 Å². The van der Waals surface area contributed by atoms with Gasteiger partial charge in [-0.25, -0.2) is 19.4 Å². The number of benzene rings is 3. The van der Waals surface area contributed by atoms with Crippen LogP contribution < -0.4 is 16.4 Å². The minimum absolute atomic E-state index is 0.0318. The Labute approximate surface area is 266 Å². The number of alkyl carbamates (subject to hydrolysis) is 2. The van der Waals surface area contributed by atoms with Crippen molar-refractivity contribution in [3.63, 3.8) is 0 Å². The minimum Gasteiger partial charge on any atom is -0.475 e. The van der Waals surface area contributed by atoms with Crippen LogP contribution in [-0.4, -0.2) is 47.2 Å². The average molecular weight is 655 g/mol. The lowest BCUT2D eigenvalue weighted by molar-refractivity contribution is -0.192. The van der Waals surface area contributed by atoms with Crippen LogP contribution >= 0.6 is 0 Å². The summed E-state index contributed by atoms with van der Waals surface area (Å²) in [5.74, 6) is -3.04. The first-order chi connectivity index (χ1) is 22.4. The van der Waals surface area contributed by atoms with Gasteiger partial charge in [-0.1, -0.05) is 72.8 Å². The van der Waals surface area contributed by atoms with E-state index in [4.69, 9.17) is 29.5 Å². The molecule has 0 saturated carbocycles. The van der Waals surface area contributed by atoms with Crippen LogP contribution in [0, 0.1) is 0 Å². The Morgan fingerprint density at radius 3 is 1.68 bits per heavy atom. The van der Waals surface area contributed by atoms with E-state index in [1.54, 1.807) is 36.4 Å². The first kappa shape index (κ1) is 35.5. The normalized spacial score (nSPS) is 11.1. The maximum absolute atomic E-state index is 12.5. The van der Waals surface area contributed by atoms with Crippen LogP contribution in [0.25, 0.3) is 0 Å². The van der Waals surface area contributed by atoms with Crippen molar-refractivity contribution in [1.82, 2.24) is 10.6 Å². The molecule has 0 spiro atoms. The molecule has 1 unspecified atom stereocenters. The van der Waals surface area contributed by atoms with E-state index >= 15 is 0 Å². The van der Waals surface area contributed by atoms with Gasteiger partial charge in [-0.3, -0.25) is 15.4 Å². The van der Waals surface area contributed by atoms with Crippen molar-refractivity contribution < 1.29 is 51.3 Å². The van der Waals surface area contributed by atoms with Gasteiger partial charge in [0.15, 0.2) is 5.76 Å². The van der Waals surface area contributed by atoms with Gasteiger partial charge in [0.25, 0.3) is 0 Å². The Morgan fingerprint density at radius 1 is 0.766 bits per heavy atom. The number of amides is 2. The summed E-state index contributed by atoms with van der Waals surface area (Å²) >= 11 is 0. The molecule has 1 heterocycles. The van der Waals surface area contributed by atoms with E-state index in [9.17, 15) is 27.6 Å². The van der Waals surface area contributed by atoms with Gasteiger partial charge in [0.05, 0.1) is 18.0 Å². The molecule has 1 atom stereocenters. The molecule has 0 saturated heterocycles. The molecule has 5 N–H and O–H groups in total. The van der Waals surface area contributed by atoms with E-state index in [-0.39, 0.29) is 37.1 Å². The summed E-state index contributed by atoms with van der Waals surface area (Å²) in [4.78, 5) is 50.5. The van der Waals surface area contributed by atoms with Crippen molar-refractivity contribution in [2.45, 2.75) is 31.9 Å². The quantitative estimate of drug-likeness (QED) is 0.103. The molecule has 0 fully saturated rings. The van der Waals surface area contributed by atoms with E-state index in [1.807, 2.05) is 60.7 Å². The zero-order valence-corrected chi connectivity index (χ0v) is 24.5. The lowest BCUT2D eigenvalue weighted by atomic mass is 10.0. The summed E-state index contributed by atoms with van der Waals surface area (Å²) in [6.07, 6.45) is -5.01. The molecule has 12 nitrogen and oxygen atoms in total. The molecule has 4 aromatic rings. The molecule has 4 rings (SSSR count). The SMILES string of the molecule is NC(Cc1ccc(N=C(NC(=O)OCc2ccccc2)NC(=O)OCc2ccccc2)cc1)C(=O)c1ccco1.O=C(O)C(F)(F)F. The molecule has 0 aliphatic heterocycles. The number of carbonyl (C=O) groups excluding carboxylic acids is 3. The van der Waals surface area contributed by atoms with Gasteiger partial charge in [-0.2, -0.15) is 13.2 Å². The van der Waals surface area contributed by atoms with E-state index in [0.717, 1.165) is 16.7 Å². The van der Waals surface area contributed by atoms with Crippen LogP contribution in [0.3, 0.4) is 0 Å². The predicted molar refractivity (Wildman–Crippen MR) is 161 cm³/mol. The van der Waals surface area contributed by atoms with Crippen molar-refractivity contribution in [2.75, 3.05) is 0 Å². The number of nitrogens with zero attached hydrogens (tertiary/aromatic N) is 1. The highest BCUT2D eigenvalue weighted by Gasteiger charge is 2.38. The second-order valence-electron chi connectivity index (χ2n) is 9.46. The first-order valence-corrected chi connectivity index (χ1v) is 13.7. The number of carboxylic acids is 1. The molecule has 47 heavy (non-hydrogen) atoms. The molecule has 0 radical (unpaired) electrons. The van der Waals surface area contributed by atoms with Gasteiger partial charge in [0, 0.05) is 0 Å². The number of carboxylic acid groups (broad SMARTS) is 1. The van der Waals surface area contributed by atoms with E-state index < -0.39 is 30.4 Å². The van der Waals surface area contributed by atoms with E-state index in [1.165, 1.54) is 6.26 Å². The molecular formula is C32H29F3N4O8. The Hall–Kier alpha value is -5.96. The van der Waals surface area contributed by atoms with Gasteiger partial charge in [0.1, 0.15) is 13.2 Å². The number of furan rings is 1. The van der Waals surface area contributed by atoms with E-state index in [2.05, 4.69) is 15.6 Å². The van der Waals surface area contributed by atoms with E-state index in [0.29, 0.717) is 5.69 Å². The number of hydrogen-bond donors (Lipinski definition) is 4. The summed E-state index contributed by atoms with van der Waals surface area (Å²) in [5, 5.41) is 12.0. The summed E-state index contributed by atoms with van der Waals surface area (Å²) in [5.41, 5.74) is 8.85. The molecule has 0 aliphatic carbocycles. The van der Waals surface area contributed by atoms with Crippen molar-refractivity contribution in [3.05, 3.63) is 126 Å². The Balaban J connectivity index is 0.000000771. The molecular weight excluding hydrogens is 625 g/mol. The zero-order valence-electron chi connectivity index (χ0n) is 24.5. The fourth-order valence-corrected chi connectivity index (χ4v) is 3.58. The second kappa shape index (κ2) is 17.5. The lowest BCUT2D eigenvalue weighted by Crippen LogP contribution is -2.44. The summed E-state index contributed by atoms with van der Waals surface area (Å²) < 4.78 is 47.4. The number of guanidine groups is 1. The summed E-state index contributed by atoms with van der Waals surface area (Å²) in [7, 11) is 0. The fraction of sp³-hybridized carbons (Fsp3) is 0.156. The minimum atomic E-state index is -5.08. The van der Waals surface area contributed by atoms with Crippen LogP contribution in [0.2, 0.25) is 0 Å². The molecule has 0 aliphatic rings. The monoisotopic (exact) mass is 654 g/mol. The van der Waals surface area contributed by atoms with Crippen molar-refractivity contribution in [2.24, 2.45) is 10.7 Å². The number of ether oxygens (including phenoxy) is 2. The first-order valence-electron chi connectivity index (χ1n) is 13.7. The fourth-order valence-electron chi connectivity index (χ4n) is 3.58. The molecule has 2 amide bonds. The summed E-state index contributed by atoms with van der Waals surface area (Å²) in [6, 6.07) is 27.5. The van der Waals surface area contributed by atoms with Crippen LogP contribution in [0.4, 0.5) is 28.4 Å². The van der Waals surface area contributed by atoms with Crippen LogP contribution in [0.15, 0.2) is 113 Å². The number of Topliss-reactive ketones (excluding diaryl/α,β-unsaturated/α-hetero) is 1. The molecule has 1 aromatic heterocycles. The molecule has 3 aromatic carbocycles. The zero-order chi connectivity index (χ0) is 34.2. The number of aliphatic carboxylic acids is 1. The maximum atomic E-state index is 12.5. The highest BCUT2D eigenvalue weighted by molar-refractivity contribution is 6.02. The topological polar surface area (TPSA) is 183 Å². The number of halogens is 3. The number of hydrogen-bond acceptors (Lipinski definition) is 9. The molecule has 15 heteroatoms. The molecule has 0 bridgehead atoms. The number of nitrogens with two attached hydrogens (primary N) is 1. The average Bonchev–Trinajstić information content (AvgIpc) is 3.59. The highest BCUT2D eigenvalue weighted by atomic mass is 19.4. The largest absolute Gasteiger partial charge is 0.490 e. The third kappa shape index (κ3) is 12.9. The standard InChI is InChI=1S/C30H28N4O6.C2HF3O2/c31-25(27(35)26-12-7-17-38-26)18-21-13-15-24(16-14-21)32-28(33-29(36)39-19-22-8-3-1-4-9-22)34-30(37)40-20-23-10-5-2-6-11-23;3-2(4,5)1(6)7/h1-17,25H,18-20,31H2,(H2,32,33,34,36,37);(H,6,7). The third-order valence-corrected chi connectivity index (χ3v) is 5.84. The van der Waals surface area contributed by atoms with Gasteiger partial charge in [-0.15, -0.1) is 0 Å². The van der Waals surface area contributed by atoms with Crippen LogP contribution in [0.5, 0.6) is 0 Å². The Bertz CT molecular complexity index is 1570. The Kier molecular flexibility index (Phi) is 13.2. The maximum Gasteiger partial charge on any atom is 0.490 e. The van der Waals surface area contributed by atoms with Crippen molar-refractivity contribution in [3.8, 4) is 0 Å². The highest BCUT2D eigenvalue weighted by Crippen LogP contribution is 2.16. The number of rotatable bonds is 9. The lowest BCUT2D eigenvalue weighted by Gasteiger charge is -2.12. The smallest absolute Gasteiger partial charge is 0.475 e. The number of nitrogens with one attached hydrogen (secondary N) is 2.